The van der Waals surface area contributed by atoms with E-state index in [0.29, 0.717) is 10.9 Å². The van der Waals surface area contributed by atoms with E-state index in [-0.39, 0.29) is 0 Å². The van der Waals surface area contributed by atoms with Crippen LogP contribution >= 0.6 is 10.9 Å². The molecule has 0 aromatic rings. The second-order valence-electron chi connectivity index (χ2n) is 2.36. The largest absolute Gasteiger partial charge is 0.256 e. The Labute approximate surface area is 48.6 Å². The molecule has 0 unspecified atom stereocenters. The van der Waals surface area contributed by atoms with Crippen LogP contribution in [0, 0.1) is 0 Å². The average Bonchev–Trinajstić information content (AvgIpc) is 1.69. The predicted molar refractivity (Wildman–Crippen MR) is 38.5 cm³/mol. The Morgan fingerprint density at radius 2 is 1.57 bits per heavy atom. The molecule has 44 valence electrons. The van der Waals surface area contributed by atoms with Gasteiger partial charge in [0.2, 0.25) is 0 Å². The van der Waals surface area contributed by atoms with E-state index in [9.17, 15) is 0 Å². The van der Waals surface area contributed by atoms with Crippen molar-refractivity contribution in [2.45, 2.75) is 19.3 Å². The van der Waals surface area contributed by atoms with E-state index in [0.717, 1.165) is 0 Å². The van der Waals surface area contributed by atoms with Crippen molar-refractivity contribution in [3.63, 3.8) is 0 Å². The highest BCUT2D eigenvalue weighted by atomic mass is 32.2. The fraction of sp³-hybridized carbons (Fsp3) is 1.00. The molecule has 0 aromatic heterocycles. The van der Waals surface area contributed by atoms with Crippen molar-refractivity contribution in [2.75, 3.05) is 17.8 Å². The molecule has 0 aliphatic carbocycles. The molecule has 1 saturated heterocycles. The molecule has 0 spiro atoms. The maximum atomic E-state index is 2.43. The number of rotatable bonds is 0. The van der Waals surface area contributed by atoms with Gasteiger partial charge in [0.1, 0.15) is 0 Å². The Morgan fingerprint density at radius 3 is 1.86 bits per heavy atom. The van der Waals surface area contributed by atoms with Gasteiger partial charge in [-0.3, -0.25) is 10.9 Å². The molecule has 1 rings (SSSR count). The molecule has 0 amide bonds. The van der Waals surface area contributed by atoms with Gasteiger partial charge in [-0.15, -0.1) is 0 Å². The lowest BCUT2D eigenvalue weighted by atomic mass is 10.3. The SMILES string of the molecule is C[SH]1CCCCC1. The molecule has 0 aromatic carbocycles. The summed E-state index contributed by atoms with van der Waals surface area (Å²) in [7, 11) is 0.508. The summed E-state index contributed by atoms with van der Waals surface area (Å²) in [5, 5.41) is 0. The number of hydrogen-bond donors (Lipinski definition) is 1. The van der Waals surface area contributed by atoms with Gasteiger partial charge in [0.15, 0.2) is 0 Å². The normalized spacial score (nSPS) is 27.9. The van der Waals surface area contributed by atoms with E-state index in [1.165, 1.54) is 19.3 Å². The lowest BCUT2D eigenvalue weighted by molar-refractivity contribution is 0.760. The zero-order valence-electron chi connectivity index (χ0n) is 4.98. The first-order chi connectivity index (χ1) is 3.39. The molecule has 0 saturated carbocycles. The molecule has 0 bridgehead atoms. The third-order valence-electron chi connectivity index (χ3n) is 1.58. The van der Waals surface area contributed by atoms with Gasteiger partial charge >= 0.3 is 0 Å². The highest BCUT2D eigenvalue weighted by molar-refractivity contribution is 8.16. The molecular weight excluding hydrogens is 104 g/mol. The van der Waals surface area contributed by atoms with Gasteiger partial charge in [0, 0.05) is 0 Å². The molecule has 0 atom stereocenters. The van der Waals surface area contributed by atoms with E-state index in [1.807, 2.05) is 0 Å². The highest BCUT2D eigenvalue weighted by Crippen LogP contribution is 2.28. The minimum Gasteiger partial charge on any atom is -0.256 e. The Balaban J connectivity index is 2.12. The molecule has 0 nitrogen and oxygen atoms in total. The Hall–Kier alpha value is 0.350. The monoisotopic (exact) mass is 118 g/mol. The third kappa shape index (κ3) is 1.72. The summed E-state index contributed by atoms with van der Waals surface area (Å²) < 4.78 is 0. The molecule has 1 heterocycles. The van der Waals surface area contributed by atoms with Gasteiger partial charge < -0.3 is 0 Å². The molecular formula is C6H14S. The fourth-order valence-corrected chi connectivity index (χ4v) is 2.80. The number of thiol groups is 1. The van der Waals surface area contributed by atoms with Crippen molar-refractivity contribution in [3.8, 4) is 0 Å². The summed E-state index contributed by atoms with van der Waals surface area (Å²) in [5.41, 5.74) is 0. The maximum absolute atomic E-state index is 2.43. The summed E-state index contributed by atoms with van der Waals surface area (Å²) in [4.78, 5) is 0. The summed E-state index contributed by atoms with van der Waals surface area (Å²) in [6, 6.07) is 0. The van der Waals surface area contributed by atoms with Crippen LogP contribution in [0.2, 0.25) is 0 Å². The van der Waals surface area contributed by atoms with Gasteiger partial charge in [-0.2, -0.15) is 0 Å². The van der Waals surface area contributed by atoms with Crippen LogP contribution in [0.25, 0.3) is 0 Å². The topological polar surface area (TPSA) is 0 Å². The molecule has 0 N–H and O–H groups in total. The predicted octanol–water partition coefficient (Wildman–Crippen LogP) is 1.80. The Kier molecular flexibility index (Phi) is 2.04. The van der Waals surface area contributed by atoms with Crippen molar-refractivity contribution in [3.05, 3.63) is 0 Å². The van der Waals surface area contributed by atoms with Gasteiger partial charge in [0.25, 0.3) is 0 Å². The van der Waals surface area contributed by atoms with Crippen LogP contribution in [-0.4, -0.2) is 17.8 Å². The van der Waals surface area contributed by atoms with Crippen molar-refractivity contribution >= 4 is 10.9 Å². The van der Waals surface area contributed by atoms with Crippen LogP contribution in [0.3, 0.4) is 0 Å². The zero-order valence-corrected chi connectivity index (χ0v) is 5.88. The van der Waals surface area contributed by atoms with Gasteiger partial charge in [0.05, 0.1) is 0 Å². The molecule has 7 heavy (non-hydrogen) atoms. The lowest BCUT2D eigenvalue weighted by Crippen LogP contribution is -1.99. The van der Waals surface area contributed by atoms with E-state index >= 15 is 0 Å². The molecule has 1 fully saturated rings. The molecule has 1 aliphatic rings. The van der Waals surface area contributed by atoms with Crippen LogP contribution in [0.15, 0.2) is 0 Å². The minimum absolute atomic E-state index is 0.508. The quantitative estimate of drug-likeness (QED) is 0.461. The fourth-order valence-electron chi connectivity index (χ4n) is 1.05. The van der Waals surface area contributed by atoms with Gasteiger partial charge in [-0.05, 0) is 30.6 Å². The Bertz CT molecular complexity index is 46.1. The van der Waals surface area contributed by atoms with Crippen molar-refractivity contribution in [2.24, 2.45) is 0 Å². The van der Waals surface area contributed by atoms with Crippen molar-refractivity contribution < 1.29 is 0 Å². The first-order valence-corrected chi connectivity index (χ1v) is 5.24. The smallest absolute Gasteiger partial charge is 0.0255 e. The Morgan fingerprint density at radius 1 is 1.00 bits per heavy atom. The van der Waals surface area contributed by atoms with E-state index < -0.39 is 0 Å². The molecule has 1 aliphatic heterocycles. The van der Waals surface area contributed by atoms with Crippen molar-refractivity contribution in [1.29, 1.82) is 0 Å². The zero-order chi connectivity index (χ0) is 5.11. The maximum Gasteiger partial charge on any atom is -0.0255 e. The lowest BCUT2D eigenvalue weighted by Gasteiger charge is -2.20. The van der Waals surface area contributed by atoms with E-state index in [4.69, 9.17) is 0 Å². The minimum atomic E-state index is 0.508. The van der Waals surface area contributed by atoms with Crippen LogP contribution in [0.4, 0.5) is 0 Å². The first-order valence-electron chi connectivity index (χ1n) is 3.08. The second-order valence-corrected chi connectivity index (χ2v) is 4.97. The summed E-state index contributed by atoms with van der Waals surface area (Å²) in [5.74, 6) is 3.10. The van der Waals surface area contributed by atoms with Gasteiger partial charge in [-0.1, -0.05) is 6.42 Å². The summed E-state index contributed by atoms with van der Waals surface area (Å²) in [6.45, 7) is 0. The second kappa shape index (κ2) is 2.61. The van der Waals surface area contributed by atoms with Crippen LogP contribution in [0.1, 0.15) is 19.3 Å². The molecule has 1 heteroatoms. The standard InChI is InChI=1S/C6H14S/c1-7-5-3-2-4-6-7/h7H,2-6H2,1H3. The van der Waals surface area contributed by atoms with E-state index in [1.54, 1.807) is 11.5 Å². The average molecular weight is 118 g/mol. The van der Waals surface area contributed by atoms with Crippen LogP contribution in [0.5, 0.6) is 0 Å². The highest BCUT2D eigenvalue weighted by Gasteiger charge is 2.02. The van der Waals surface area contributed by atoms with E-state index in [2.05, 4.69) is 6.26 Å². The summed E-state index contributed by atoms with van der Waals surface area (Å²) in [6.07, 6.45) is 6.96. The number of hydrogen-bond acceptors (Lipinski definition) is 0. The van der Waals surface area contributed by atoms with Gasteiger partial charge in [-0.25, -0.2) is 0 Å². The van der Waals surface area contributed by atoms with Crippen LogP contribution < -0.4 is 0 Å². The third-order valence-corrected chi connectivity index (χ3v) is 3.74. The van der Waals surface area contributed by atoms with Crippen LogP contribution in [-0.2, 0) is 0 Å². The van der Waals surface area contributed by atoms with Crippen molar-refractivity contribution in [1.82, 2.24) is 0 Å². The molecule has 0 radical (unpaired) electrons. The first kappa shape index (κ1) is 5.49. The summed E-state index contributed by atoms with van der Waals surface area (Å²) >= 11 is 0.